The van der Waals surface area contributed by atoms with Gasteiger partial charge in [-0.3, -0.25) is 0 Å². The van der Waals surface area contributed by atoms with Crippen LogP contribution < -0.4 is 10.6 Å². The van der Waals surface area contributed by atoms with E-state index in [2.05, 4.69) is 10.6 Å². The molecular weight excluding hydrogens is 264 g/mol. The fraction of sp³-hybridized carbons (Fsp3) is 0.308. The molecule has 0 aliphatic heterocycles. The minimum absolute atomic E-state index is 0.0703. The highest BCUT2D eigenvalue weighted by atomic mass is 16.4. The second-order valence-corrected chi connectivity index (χ2v) is 4.51. The van der Waals surface area contributed by atoms with Crippen LogP contribution in [-0.4, -0.2) is 34.2 Å². The van der Waals surface area contributed by atoms with E-state index in [9.17, 15) is 14.4 Å². The molecule has 0 radical (unpaired) electrons. The molecule has 1 atom stereocenters. The number of aromatic carboxylic acids is 1. The average molecular weight is 280 g/mol. The molecule has 7 heteroatoms. The zero-order valence-corrected chi connectivity index (χ0v) is 11.1. The number of carbonyl (C=O) groups is 3. The van der Waals surface area contributed by atoms with Gasteiger partial charge in [-0.25, -0.2) is 14.4 Å². The number of para-hydroxylation sites is 1. The molecule has 0 heterocycles. The Morgan fingerprint density at radius 2 is 1.70 bits per heavy atom. The van der Waals surface area contributed by atoms with Crippen molar-refractivity contribution in [3.8, 4) is 0 Å². The lowest BCUT2D eigenvalue weighted by Gasteiger charge is -2.18. The largest absolute Gasteiger partial charge is 0.480 e. The van der Waals surface area contributed by atoms with E-state index in [4.69, 9.17) is 10.2 Å². The van der Waals surface area contributed by atoms with Crippen molar-refractivity contribution < 1.29 is 24.6 Å². The van der Waals surface area contributed by atoms with Crippen LogP contribution in [0.15, 0.2) is 24.3 Å². The fourth-order valence-corrected chi connectivity index (χ4v) is 1.59. The highest BCUT2D eigenvalue weighted by Crippen LogP contribution is 2.14. The van der Waals surface area contributed by atoms with Gasteiger partial charge in [0.15, 0.2) is 0 Å². The summed E-state index contributed by atoms with van der Waals surface area (Å²) in [6.07, 6.45) is 0. The van der Waals surface area contributed by atoms with E-state index in [0.717, 1.165) is 0 Å². The first-order valence-corrected chi connectivity index (χ1v) is 5.95. The van der Waals surface area contributed by atoms with Crippen molar-refractivity contribution in [1.29, 1.82) is 0 Å². The van der Waals surface area contributed by atoms with Gasteiger partial charge < -0.3 is 20.8 Å². The van der Waals surface area contributed by atoms with Gasteiger partial charge in [0.05, 0.1) is 11.3 Å². The van der Waals surface area contributed by atoms with Crippen molar-refractivity contribution in [3.05, 3.63) is 29.8 Å². The van der Waals surface area contributed by atoms with Gasteiger partial charge in [0, 0.05) is 0 Å². The number of hydrogen-bond acceptors (Lipinski definition) is 3. The molecule has 4 N–H and O–H groups in total. The Balaban J connectivity index is 2.81. The highest BCUT2D eigenvalue weighted by Gasteiger charge is 2.23. The SMILES string of the molecule is CC(C)[C@H](NC(=O)Nc1ccccc1C(=O)O)C(=O)O. The predicted molar refractivity (Wildman–Crippen MR) is 71.8 cm³/mol. The Morgan fingerprint density at radius 3 is 2.20 bits per heavy atom. The molecule has 0 saturated heterocycles. The molecular formula is C13H16N2O5. The number of amides is 2. The molecule has 0 unspecified atom stereocenters. The highest BCUT2D eigenvalue weighted by molar-refractivity contribution is 6.00. The molecule has 2 amide bonds. The summed E-state index contributed by atoms with van der Waals surface area (Å²) in [5.74, 6) is -2.63. The van der Waals surface area contributed by atoms with Crippen molar-refractivity contribution in [3.63, 3.8) is 0 Å². The Morgan fingerprint density at radius 1 is 1.10 bits per heavy atom. The molecule has 0 aliphatic carbocycles. The standard InChI is InChI=1S/C13H16N2O5/c1-7(2)10(12(18)19)15-13(20)14-9-6-4-3-5-8(9)11(16)17/h3-7,10H,1-2H3,(H,16,17)(H,18,19)(H2,14,15,20)/t10-/m0/s1. The lowest BCUT2D eigenvalue weighted by atomic mass is 10.1. The zero-order valence-electron chi connectivity index (χ0n) is 11.1. The van der Waals surface area contributed by atoms with Gasteiger partial charge in [-0.15, -0.1) is 0 Å². The summed E-state index contributed by atoms with van der Waals surface area (Å²) in [6, 6.07) is 4.05. The Bertz CT molecular complexity index is 527. The monoisotopic (exact) mass is 280 g/mol. The maximum absolute atomic E-state index is 11.7. The van der Waals surface area contributed by atoms with E-state index < -0.39 is 24.0 Å². The van der Waals surface area contributed by atoms with Gasteiger partial charge in [0.2, 0.25) is 0 Å². The van der Waals surface area contributed by atoms with Crippen LogP contribution in [0.2, 0.25) is 0 Å². The molecule has 0 fully saturated rings. The second kappa shape index (κ2) is 6.55. The third-order valence-electron chi connectivity index (χ3n) is 2.62. The van der Waals surface area contributed by atoms with Crippen molar-refractivity contribution in [2.24, 2.45) is 5.92 Å². The van der Waals surface area contributed by atoms with Crippen LogP contribution in [-0.2, 0) is 4.79 Å². The molecule has 0 spiro atoms. The number of carbonyl (C=O) groups excluding carboxylic acids is 1. The van der Waals surface area contributed by atoms with E-state index in [1.165, 1.54) is 18.2 Å². The van der Waals surface area contributed by atoms with Crippen molar-refractivity contribution in [1.82, 2.24) is 5.32 Å². The van der Waals surface area contributed by atoms with Gasteiger partial charge in [-0.2, -0.15) is 0 Å². The third-order valence-corrected chi connectivity index (χ3v) is 2.62. The predicted octanol–water partition coefficient (Wildman–Crippen LogP) is 1.62. The molecule has 7 nitrogen and oxygen atoms in total. The minimum atomic E-state index is -1.18. The summed E-state index contributed by atoms with van der Waals surface area (Å²) in [5, 5.41) is 22.6. The summed E-state index contributed by atoms with van der Waals surface area (Å²) >= 11 is 0. The van der Waals surface area contributed by atoms with Crippen molar-refractivity contribution >= 4 is 23.7 Å². The van der Waals surface area contributed by atoms with Crippen LogP contribution >= 0.6 is 0 Å². The van der Waals surface area contributed by atoms with E-state index >= 15 is 0 Å². The maximum atomic E-state index is 11.7. The molecule has 0 aliphatic rings. The van der Waals surface area contributed by atoms with Gasteiger partial charge in [-0.05, 0) is 18.1 Å². The Kier molecular flexibility index (Phi) is 5.08. The normalized spacial score (nSPS) is 11.8. The quantitative estimate of drug-likeness (QED) is 0.654. The third kappa shape index (κ3) is 3.98. The summed E-state index contributed by atoms with van der Waals surface area (Å²) in [7, 11) is 0. The summed E-state index contributed by atoms with van der Waals surface area (Å²) in [4.78, 5) is 33.7. The summed E-state index contributed by atoms with van der Waals surface area (Å²) in [6.45, 7) is 3.31. The van der Waals surface area contributed by atoms with E-state index in [1.54, 1.807) is 19.9 Å². The molecule has 0 aromatic heterocycles. The maximum Gasteiger partial charge on any atom is 0.337 e. The van der Waals surface area contributed by atoms with Crippen LogP contribution in [0, 0.1) is 5.92 Å². The summed E-state index contributed by atoms with van der Waals surface area (Å²) < 4.78 is 0. The average Bonchev–Trinajstić information content (AvgIpc) is 2.35. The van der Waals surface area contributed by atoms with Gasteiger partial charge in [-0.1, -0.05) is 26.0 Å². The molecule has 108 valence electrons. The van der Waals surface area contributed by atoms with Gasteiger partial charge in [0.25, 0.3) is 0 Å². The number of nitrogens with one attached hydrogen (secondary N) is 2. The van der Waals surface area contributed by atoms with Crippen LogP contribution in [0.25, 0.3) is 0 Å². The van der Waals surface area contributed by atoms with E-state index in [0.29, 0.717) is 0 Å². The van der Waals surface area contributed by atoms with Gasteiger partial charge in [0.1, 0.15) is 6.04 Å². The zero-order chi connectivity index (χ0) is 15.3. The number of carboxylic acids is 2. The number of carboxylic acid groups (broad SMARTS) is 2. The smallest absolute Gasteiger partial charge is 0.337 e. The molecule has 20 heavy (non-hydrogen) atoms. The first-order valence-electron chi connectivity index (χ1n) is 5.95. The van der Waals surface area contributed by atoms with E-state index in [-0.39, 0.29) is 17.2 Å². The first-order chi connectivity index (χ1) is 9.32. The lowest BCUT2D eigenvalue weighted by molar-refractivity contribution is -0.140. The fourth-order valence-electron chi connectivity index (χ4n) is 1.59. The second-order valence-electron chi connectivity index (χ2n) is 4.51. The molecule has 0 saturated carbocycles. The van der Waals surface area contributed by atoms with Crippen molar-refractivity contribution in [2.45, 2.75) is 19.9 Å². The number of urea groups is 1. The molecule has 1 rings (SSSR count). The molecule has 1 aromatic rings. The summed E-state index contributed by atoms with van der Waals surface area (Å²) in [5.41, 5.74) is 0.0319. The van der Waals surface area contributed by atoms with Crippen LogP contribution in [0.3, 0.4) is 0 Å². The molecule has 1 aromatic carbocycles. The lowest BCUT2D eigenvalue weighted by Crippen LogP contribution is -2.46. The minimum Gasteiger partial charge on any atom is -0.480 e. The van der Waals surface area contributed by atoms with Crippen LogP contribution in [0.5, 0.6) is 0 Å². The Hall–Kier alpha value is -2.57. The molecule has 0 bridgehead atoms. The first kappa shape index (κ1) is 15.5. The number of aliphatic carboxylic acids is 1. The van der Waals surface area contributed by atoms with Crippen molar-refractivity contribution in [2.75, 3.05) is 5.32 Å². The van der Waals surface area contributed by atoms with Crippen LogP contribution in [0.4, 0.5) is 10.5 Å². The topological polar surface area (TPSA) is 116 Å². The van der Waals surface area contributed by atoms with Gasteiger partial charge >= 0.3 is 18.0 Å². The number of anilines is 1. The number of hydrogen-bond donors (Lipinski definition) is 4. The number of rotatable bonds is 5. The van der Waals surface area contributed by atoms with E-state index in [1.807, 2.05) is 0 Å². The number of benzene rings is 1. The Labute approximate surface area is 115 Å². The van der Waals surface area contributed by atoms with Crippen LogP contribution in [0.1, 0.15) is 24.2 Å².